The van der Waals surface area contributed by atoms with Crippen molar-refractivity contribution in [2.45, 2.75) is 6.18 Å². The molecule has 3 aromatic carbocycles. The number of amides is 1. The highest BCUT2D eigenvalue weighted by Crippen LogP contribution is 2.32. The Kier molecular flexibility index (Phi) is 7.27. The number of non-ortho nitro benzene ring substituents is 1. The predicted molar refractivity (Wildman–Crippen MR) is 142 cm³/mol. The largest absolute Gasteiger partial charge is 0.496 e. The number of nitro groups is 1. The molecule has 5 aromatic rings. The van der Waals surface area contributed by atoms with Gasteiger partial charge in [0.05, 0.1) is 29.5 Å². The summed E-state index contributed by atoms with van der Waals surface area (Å²) in [5.74, 6) is -1.51. The maximum absolute atomic E-state index is 13.8. The Hall–Kier alpha value is -5.79. The number of hydrogen-bond donors (Lipinski definition) is 1. The minimum absolute atomic E-state index is 0.0143. The summed E-state index contributed by atoms with van der Waals surface area (Å²) < 4.78 is 52.3. The van der Waals surface area contributed by atoms with Crippen LogP contribution in [0.1, 0.15) is 26.5 Å². The first-order valence-corrected chi connectivity index (χ1v) is 12.0. The normalized spacial score (nSPS) is 11.2. The van der Waals surface area contributed by atoms with Gasteiger partial charge in [0.1, 0.15) is 11.5 Å². The highest BCUT2D eigenvalue weighted by atomic mass is 19.4. The number of nitrogens with zero attached hydrogens (tertiary/aromatic N) is 4. The van der Waals surface area contributed by atoms with E-state index in [1.54, 1.807) is 30.3 Å². The highest BCUT2D eigenvalue weighted by Gasteiger charge is 2.36. The standard InChI is InChI=1S/C28H18F3N5O6/c1-41-21-12-18(11-19(13-21)36(39)40)32-26(37)17-7-9-20(10-8-17)42-27(38)23-15-25-33-22(16-5-3-2-4-6-16)14-24(28(29,30)31)35(25)34-23/h2-15H,1H3,(H,32,37). The van der Waals surface area contributed by atoms with Crippen LogP contribution in [-0.4, -0.2) is 38.5 Å². The Bertz CT molecular complexity index is 1820. The molecule has 0 aliphatic rings. The van der Waals surface area contributed by atoms with Gasteiger partial charge in [-0.05, 0) is 30.3 Å². The van der Waals surface area contributed by atoms with Gasteiger partial charge in [-0.25, -0.2) is 14.3 Å². The second kappa shape index (κ2) is 11.0. The van der Waals surface area contributed by atoms with Crippen LogP contribution in [0.2, 0.25) is 0 Å². The number of halogens is 3. The van der Waals surface area contributed by atoms with Crippen molar-refractivity contribution in [1.82, 2.24) is 14.6 Å². The maximum atomic E-state index is 13.8. The lowest BCUT2D eigenvalue weighted by Gasteiger charge is -2.10. The zero-order valence-electron chi connectivity index (χ0n) is 21.5. The molecule has 2 aromatic heterocycles. The molecule has 0 fully saturated rings. The van der Waals surface area contributed by atoms with Crippen LogP contribution in [0.25, 0.3) is 16.9 Å². The number of aromatic nitrogens is 3. The molecule has 1 amide bonds. The lowest BCUT2D eigenvalue weighted by molar-refractivity contribution is -0.384. The molecule has 212 valence electrons. The second-order valence-corrected chi connectivity index (χ2v) is 8.73. The zero-order chi connectivity index (χ0) is 30.0. The molecule has 0 saturated carbocycles. The molecule has 11 nitrogen and oxygen atoms in total. The molecule has 0 bridgehead atoms. The molecule has 2 heterocycles. The molecular weight excluding hydrogens is 559 g/mol. The fourth-order valence-corrected chi connectivity index (χ4v) is 3.95. The first-order valence-electron chi connectivity index (χ1n) is 12.0. The van der Waals surface area contributed by atoms with E-state index in [4.69, 9.17) is 9.47 Å². The number of hydrogen-bond acceptors (Lipinski definition) is 8. The monoisotopic (exact) mass is 577 g/mol. The summed E-state index contributed by atoms with van der Waals surface area (Å²) in [6.45, 7) is 0. The number of nitro benzene ring substituents is 1. The van der Waals surface area contributed by atoms with Gasteiger partial charge in [0.15, 0.2) is 17.0 Å². The maximum Gasteiger partial charge on any atom is 0.433 e. The Morgan fingerprint density at radius 3 is 2.31 bits per heavy atom. The minimum Gasteiger partial charge on any atom is -0.496 e. The van der Waals surface area contributed by atoms with E-state index in [-0.39, 0.29) is 39.8 Å². The third kappa shape index (κ3) is 5.86. The average Bonchev–Trinajstić information content (AvgIpc) is 3.41. The Balaban J connectivity index is 1.35. The van der Waals surface area contributed by atoms with E-state index in [1.807, 2.05) is 0 Å². The van der Waals surface area contributed by atoms with Crippen molar-refractivity contribution in [2.24, 2.45) is 0 Å². The van der Waals surface area contributed by atoms with Crippen molar-refractivity contribution in [2.75, 3.05) is 12.4 Å². The smallest absolute Gasteiger partial charge is 0.433 e. The van der Waals surface area contributed by atoms with Crippen LogP contribution in [-0.2, 0) is 6.18 Å². The lowest BCUT2D eigenvalue weighted by Crippen LogP contribution is -2.15. The van der Waals surface area contributed by atoms with Crippen molar-refractivity contribution in [1.29, 1.82) is 0 Å². The van der Waals surface area contributed by atoms with Crippen LogP contribution in [0.4, 0.5) is 24.5 Å². The van der Waals surface area contributed by atoms with Crippen molar-refractivity contribution in [3.05, 3.63) is 112 Å². The van der Waals surface area contributed by atoms with E-state index in [2.05, 4.69) is 15.4 Å². The summed E-state index contributed by atoms with van der Waals surface area (Å²) in [5, 5.41) is 17.4. The van der Waals surface area contributed by atoms with Gasteiger partial charge in [-0.1, -0.05) is 30.3 Å². The number of alkyl halides is 3. The molecule has 0 unspecified atom stereocenters. The van der Waals surface area contributed by atoms with Crippen molar-refractivity contribution in [3.63, 3.8) is 0 Å². The summed E-state index contributed by atoms with van der Waals surface area (Å²) in [6.07, 6.45) is -4.79. The first kappa shape index (κ1) is 27.8. The molecule has 0 aliphatic carbocycles. The van der Waals surface area contributed by atoms with Gasteiger partial charge in [-0.3, -0.25) is 14.9 Å². The molecule has 0 aliphatic heterocycles. The predicted octanol–water partition coefficient (Wildman–Crippen LogP) is 5.80. The number of esters is 1. The van der Waals surface area contributed by atoms with Crippen molar-refractivity contribution in [3.8, 4) is 22.8 Å². The van der Waals surface area contributed by atoms with Crippen LogP contribution < -0.4 is 14.8 Å². The third-order valence-corrected chi connectivity index (χ3v) is 5.92. The summed E-state index contributed by atoms with van der Waals surface area (Å²) in [7, 11) is 1.32. The Labute approximate surface area is 234 Å². The number of nitrogens with one attached hydrogen (secondary N) is 1. The number of anilines is 1. The van der Waals surface area contributed by atoms with Gasteiger partial charge in [-0.2, -0.15) is 18.3 Å². The molecule has 42 heavy (non-hydrogen) atoms. The average molecular weight is 577 g/mol. The van der Waals surface area contributed by atoms with Gasteiger partial charge in [0, 0.05) is 29.3 Å². The summed E-state index contributed by atoms with van der Waals surface area (Å²) in [6, 6.07) is 19.2. The molecule has 0 spiro atoms. The highest BCUT2D eigenvalue weighted by molar-refractivity contribution is 6.04. The number of ether oxygens (including phenoxy) is 2. The van der Waals surface area contributed by atoms with E-state index < -0.39 is 34.4 Å². The molecule has 1 N–H and O–H groups in total. The molecule has 5 rings (SSSR count). The fourth-order valence-electron chi connectivity index (χ4n) is 3.95. The van der Waals surface area contributed by atoms with Crippen molar-refractivity contribution < 1.29 is 37.2 Å². The second-order valence-electron chi connectivity index (χ2n) is 8.73. The van der Waals surface area contributed by atoms with Gasteiger partial charge >= 0.3 is 12.1 Å². The van der Waals surface area contributed by atoms with Gasteiger partial charge in [0.2, 0.25) is 0 Å². The third-order valence-electron chi connectivity index (χ3n) is 5.92. The summed E-state index contributed by atoms with van der Waals surface area (Å²) in [4.78, 5) is 40.1. The molecule has 0 radical (unpaired) electrons. The number of carbonyl (C=O) groups is 2. The zero-order valence-corrected chi connectivity index (χ0v) is 21.5. The quantitative estimate of drug-likeness (QED) is 0.111. The van der Waals surface area contributed by atoms with Crippen LogP contribution >= 0.6 is 0 Å². The van der Waals surface area contributed by atoms with E-state index in [9.17, 15) is 32.9 Å². The van der Waals surface area contributed by atoms with Crippen LogP contribution in [0.3, 0.4) is 0 Å². The van der Waals surface area contributed by atoms with Gasteiger partial charge in [0.25, 0.3) is 11.6 Å². The Morgan fingerprint density at radius 1 is 0.952 bits per heavy atom. The van der Waals surface area contributed by atoms with E-state index in [0.717, 1.165) is 18.2 Å². The van der Waals surface area contributed by atoms with Gasteiger partial charge in [-0.15, -0.1) is 0 Å². The van der Waals surface area contributed by atoms with E-state index >= 15 is 0 Å². The number of rotatable bonds is 7. The minimum atomic E-state index is -4.79. The fraction of sp³-hybridized carbons (Fsp3) is 0.0714. The summed E-state index contributed by atoms with van der Waals surface area (Å²) >= 11 is 0. The van der Waals surface area contributed by atoms with Crippen molar-refractivity contribution >= 4 is 28.9 Å². The number of fused-ring (bicyclic) bond motifs is 1. The van der Waals surface area contributed by atoms with E-state index in [0.29, 0.717) is 10.1 Å². The number of methoxy groups -OCH3 is 1. The Morgan fingerprint density at radius 2 is 1.67 bits per heavy atom. The molecule has 14 heteroatoms. The molecule has 0 atom stereocenters. The molecule has 0 saturated heterocycles. The number of benzene rings is 3. The molecular formula is C28H18F3N5O6. The number of carbonyl (C=O) groups excluding carboxylic acids is 2. The van der Waals surface area contributed by atoms with Crippen LogP contribution in [0.5, 0.6) is 11.5 Å². The van der Waals surface area contributed by atoms with Crippen LogP contribution in [0, 0.1) is 10.1 Å². The van der Waals surface area contributed by atoms with Crippen LogP contribution in [0.15, 0.2) is 84.9 Å². The topological polar surface area (TPSA) is 138 Å². The first-order chi connectivity index (χ1) is 20.0. The van der Waals surface area contributed by atoms with E-state index in [1.165, 1.54) is 43.5 Å². The SMILES string of the molecule is COc1cc(NC(=O)c2ccc(OC(=O)c3cc4nc(-c5ccccc5)cc(C(F)(F)F)n4n3)cc2)cc([N+](=O)[O-])c1. The summed E-state index contributed by atoms with van der Waals surface area (Å²) in [5.41, 5.74) is -1.29. The van der Waals surface area contributed by atoms with Gasteiger partial charge < -0.3 is 14.8 Å². The lowest BCUT2D eigenvalue weighted by atomic mass is 10.1.